The van der Waals surface area contributed by atoms with Crippen LogP contribution in [-0.2, 0) is 19.0 Å². The molecule has 0 heterocycles. The first kappa shape index (κ1) is 17.8. The largest absolute Gasteiger partial charge is 0.416 e. The molecule has 2 amide bonds. The van der Waals surface area contributed by atoms with Crippen molar-refractivity contribution in [2.75, 3.05) is 11.9 Å². The number of carbonyl (C=O) groups is 1. The molecule has 0 saturated heterocycles. The van der Waals surface area contributed by atoms with Crippen LogP contribution in [0.4, 0.5) is 23.7 Å². The third-order valence-corrected chi connectivity index (χ3v) is 3.58. The quantitative estimate of drug-likeness (QED) is 0.821. The molecule has 2 N–H and O–H groups in total. The second kappa shape index (κ2) is 7.86. The minimum Gasteiger partial charge on any atom is -0.338 e. The van der Waals surface area contributed by atoms with E-state index in [1.165, 1.54) is 17.7 Å². The highest BCUT2D eigenvalue weighted by molar-refractivity contribution is 5.89. The number of amides is 2. The van der Waals surface area contributed by atoms with Gasteiger partial charge in [0.05, 0.1) is 5.56 Å². The number of hydrogen-bond acceptors (Lipinski definition) is 1. The van der Waals surface area contributed by atoms with Gasteiger partial charge in [0.15, 0.2) is 0 Å². The van der Waals surface area contributed by atoms with E-state index >= 15 is 0 Å². The van der Waals surface area contributed by atoms with Gasteiger partial charge in [0.2, 0.25) is 0 Å². The summed E-state index contributed by atoms with van der Waals surface area (Å²) in [5.74, 6) is 0. The minimum atomic E-state index is -4.43. The molecule has 2 rings (SSSR count). The number of alkyl halides is 3. The van der Waals surface area contributed by atoms with Crippen LogP contribution in [-0.4, -0.2) is 12.6 Å². The van der Waals surface area contributed by atoms with Crippen molar-refractivity contribution >= 4 is 11.7 Å². The van der Waals surface area contributed by atoms with E-state index in [2.05, 4.69) is 17.6 Å². The number of rotatable bonds is 5. The van der Waals surface area contributed by atoms with Gasteiger partial charge in [0, 0.05) is 12.2 Å². The zero-order valence-corrected chi connectivity index (χ0v) is 13.3. The molecule has 2 aromatic carbocycles. The first-order valence-electron chi connectivity index (χ1n) is 7.68. The van der Waals surface area contributed by atoms with Gasteiger partial charge in [-0.25, -0.2) is 4.79 Å². The average Bonchev–Trinajstić information content (AvgIpc) is 2.55. The lowest BCUT2D eigenvalue weighted by Gasteiger charge is -2.11. The molecular formula is C18H19F3N2O. The number of benzene rings is 2. The van der Waals surface area contributed by atoms with Crippen LogP contribution < -0.4 is 10.6 Å². The molecule has 0 aliphatic carbocycles. The first-order valence-corrected chi connectivity index (χ1v) is 7.68. The van der Waals surface area contributed by atoms with Crippen molar-refractivity contribution in [2.45, 2.75) is 25.9 Å². The summed E-state index contributed by atoms with van der Waals surface area (Å²) in [7, 11) is 0. The fourth-order valence-electron chi connectivity index (χ4n) is 2.21. The summed E-state index contributed by atoms with van der Waals surface area (Å²) in [6.45, 7) is 2.48. The Balaban J connectivity index is 1.83. The Morgan fingerprint density at radius 3 is 2.33 bits per heavy atom. The maximum Gasteiger partial charge on any atom is 0.416 e. The van der Waals surface area contributed by atoms with Crippen LogP contribution >= 0.6 is 0 Å². The Morgan fingerprint density at radius 2 is 1.71 bits per heavy atom. The van der Waals surface area contributed by atoms with Gasteiger partial charge in [-0.15, -0.1) is 0 Å². The molecule has 2 aromatic rings. The van der Waals surface area contributed by atoms with E-state index in [-0.39, 0.29) is 5.69 Å². The van der Waals surface area contributed by atoms with Crippen molar-refractivity contribution in [3.63, 3.8) is 0 Å². The summed E-state index contributed by atoms with van der Waals surface area (Å²) in [5, 5.41) is 5.04. The number of urea groups is 1. The average molecular weight is 336 g/mol. The van der Waals surface area contributed by atoms with E-state index in [1.54, 1.807) is 0 Å². The topological polar surface area (TPSA) is 41.1 Å². The van der Waals surface area contributed by atoms with Crippen LogP contribution in [0.5, 0.6) is 0 Å². The summed E-state index contributed by atoms with van der Waals surface area (Å²) in [6.07, 6.45) is -2.81. The number of hydrogen-bond donors (Lipinski definition) is 2. The van der Waals surface area contributed by atoms with Crippen LogP contribution in [0.2, 0.25) is 0 Å². The molecule has 0 fully saturated rings. The molecule has 0 unspecified atom stereocenters. The number of nitrogens with one attached hydrogen (secondary N) is 2. The maximum atomic E-state index is 12.6. The Labute approximate surface area is 138 Å². The predicted octanol–water partition coefficient (Wildman–Crippen LogP) is 4.63. The van der Waals surface area contributed by atoms with Gasteiger partial charge in [0.1, 0.15) is 0 Å². The monoisotopic (exact) mass is 336 g/mol. The SMILES string of the molecule is CCc1ccc(CCNC(=O)Nc2cccc(C(F)(F)F)c2)cc1. The van der Waals surface area contributed by atoms with Crippen LogP contribution in [0.1, 0.15) is 23.6 Å². The minimum absolute atomic E-state index is 0.106. The van der Waals surface area contributed by atoms with Crippen LogP contribution in [0, 0.1) is 0 Å². The third kappa shape index (κ3) is 5.30. The molecule has 0 aromatic heterocycles. The van der Waals surface area contributed by atoms with Gasteiger partial charge in [-0.1, -0.05) is 37.3 Å². The Kier molecular flexibility index (Phi) is 5.84. The molecule has 0 aliphatic rings. The summed E-state index contributed by atoms with van der Waals surface area (Å²) in [5.41, 5.74) is 1.64. The predicted molar refractivity (Wildman–Crippen MR) is 88.0 cm³/mol. The van der Waals surface area contributed by atoms with Gasteiger partial charge in [-0.2, -0.15) is 13.2 Å². The highest BCUT2D eigenvalue weighted by Crippen LogP contribution is 2.30. The van der Waals surface area contributed by atoms with E-state index < -0.39 is 17.8 Å². The summed E-state index contributed by atoms with van der Waals surface area (Å²) in [6, 6.07) is 12.1. The van der Waals surface area contributed by atoms with Crippen molar-refractivity contribution in [3.05, 3.63) is 65.2 Å². The van der Waals surface area contributed by atoms with Gasteiger partial charge in [0.25, 0.3) is 0 Å². The number of carbonyl (C=O) groups excluding carboxylic acids is 1. The zero-order chi connectivity index (χ0) is 17.6. The van der Waals surface area contributed by atoms with Gasteiger partial charge < -0.3 is 10.6 Å². The summed E-state index contributed by atoms with van der Waals surface area (Å²) < 4.78 is 37.9. The molecule has 0 saturated carbocycles. The van der Waals surface area contributed by atoms with Crippen molar-refractivity contribution < 1.29 is 18.0 Å². The third-order valence-electron chi connectivity index (χ3n) is 3.58. The van der Waals surface area contributed by atoms with Crippen molar-refractivity contribution in [1.82, 2.24) is 5.32 Å². The van der Waals surface area contributed by atoms with Gasteiger partial charge >= 0.3 is 12.2 Å². The number of aryl methyl sites for hydroxylation is 1. The van der Waals surface area contributed by atoms with E-state index in [1.807, 2.05) is 24.3 Å². The second-order valence-corrected chi connectivity index (χ2v) is 5.38. The van der Waals surface area contributed by atoms with Crippen molar-refractivity contribution in [1.29, 1.82) is 0 Å². The Hall–Kier alpha value is -2.50. The molecule has 0 aliphatic heterocycles. The molecular weight excluding hydrogens is 317 g/mol. The zero-order valence-electron chi connectivity index (χ0n) is 13.3. The van der Waals surface area contributed by atoms with Gasteiger partial charge in [-0.3, -0.25) is 0 Å². The van der Waals surface area contributed by atoms with E-state index in [0.29, 0.717) is 13.0 Å². The number of halogens is 3. The van der Waals surface area contributed by atoms with Crippen LogP contribution in [0.15, 0.2) is 48.5 Å². The molecule has 24 heavy (non-hydrogen) atoms. The fraction of sp³-hybridized carbons (Fsp3) is 0.278. The van der Waals surface area contributed by atoms with Crippen LogP contribution in [0.25, 0.3) is 0 Å². The summed E-state index contributed by atoms with van der Waals surface area (Å²) in [4.78, 5) is 11.8. The lowest BCUT2D eigenvalue weighted by atomic mass is 10.1. The highest BCUT2D eigenvalue weighted by Gasteiger charge is 2.30. The van der Waals surface area contributed by atoms with Crippen molar-refractivity contribution in [3.8, 4) is 0 Å². The molecule has 0 spiro atoms. The Morgan fingerprint density at radius 1 is 1.04 bits per heavy atom. The summed E-state index contributed by atoms with van der Waals surface area (Å²) >= 11 is 0. The smallest absolute Gasteiger partial charge is 0.338 e. The lowest BCUT2D eigenvalue weighted by Crippen LogP contribution is -2.30. The standard InChI is InChI=1S/C18H19F3N2O/c1-2-13-6-8-14(9-7-13)10-11-22-17(24)23-16-5-3-4-15(12-16)18(19,20)21/h3-9,12H,2,10-11H2,1H3,(H2,22,23,24). The molecule has 0 bridgehead atoms. The van der Waals surface area contributed by atoms with Crippen LogP contribution in [0.3, 0.4) is 0 Å². The lowest BCUT2D eigenvalue weighted by molar-refractivity contribution is -0.137. The maximum absolute atomic E-state index is 12.6. The van der Waals surface area contributed by atoms with Gasteiger partial charge in [-0.05, 0) is 42.2 Å². The highest BCUT2D eigenvalue weighted by atomic mass is 19.4. The van der Waals surface area contributed by atoms with E-state index in [9.17, 15) is 18.0 Å². The molecule has 0 radical (unpaired) electrons. The Bertz CT molecular complexity index is 681. The second-order valence-electron chi connectivity index (χ2n) is 5.38. The number of anilines is 1. The normalized spacial score (nSPS) is 11.2. The first-order chi connectivity index (χ1) is 11.4. The fourth-order valence-corrected chi connectivity index (χ4v) is 2.21. The molecule has 0 atom stereocenters. The van der Waals surface area contributed by atoms with E-state index in [0.717, 1.165) is 24.1 Å². The molecule has 128 valence electrons. The van der Waals surface area contributed by atoms with Crippen molar-refractivity contribution in [2.24, 2.45) is 0 Å². The molecule has 3 nitrogen and oxygen atoms in total. The van der Waals surface area contributed by atoms with E-state index in [4.69, 9.17) is 0 Å². The molecule has 6 heteroatoms.